The fourth-order valence-corrected chi connectivity index (χ4v) is 4.36. The normalized spacial score (nSPS) is 18.5. The minimum absolute atomic E-state index is 0.192. The van der Waals surface area contributed by atoms with Crippen molar-refractivity contribution in [1.82, 2.24) is 14.9 Å². The van der Waals surface area contributed by atoms with Gasteiger partial charge in [-0.25, -0.2) is 4.98 Å². The van der Waals surface area contributed by atoms with E-state index in [9.17, 15) is 0 Å². The van der Waals surface area contributed by atoms with E-state index in [0.717, 1.165) is 71.4 Å². The number of hydrogen-bond donors (Lipinski definition) is 2. The summed E-state index contributed by atoms with van der Waals surface area (Å²) in [6.07, 6.45) is 3.80. The van der Waals surface area contributed by atoms with E-state index >= 15 is 0 Å². The van der Waals surface area contributed by atoms with Crippen molar-refractivity contribution in [2.75, 3.05) is 42.5 Å². The molecule has 4 N–H and O–H groups in total. The summed E-state index contributed by atoms with van der Waals surface area (Å²) in [6.45, 7) is 3.34. The summed E-state index contributed by atoms with van der Waals surface area (Å²) in [4.78, 5) is 13.0. The molecule has 1 aromatic carbocycles. The molecule has 0 bridgehead atoms. The summed E-state index contributed by atoms with van der Waals surface area (Å²) in [5.74, 6) is 0.604. The number of piperazine rings is 1. The number of anilines is 3. The molecule has 0 saturated carbocycles. The molecule has 4 rings (SSSR count). The molecule has 0 atom stereocenters. The van der Waals surface area contributed by atoms with Gasteiger partial charge in [0.1, 0.15) is 5.82 Å². The number of benzene rings is 1. The van der Waals surface area contributed by atoms with Crippen molar-refractivity contribution in [3.05, 3.63) is 40.0 Å². The molecule has 26 heavy (non-hydrogen) atoms. The van der Waals surface area contributed by atoms with Crippen LogP contribution in [0.4, 0.5) is 17.5 Å². The number of nitrogens with zero attached hydrogens (tertiary/aromatic N) is 4. The zero-order valence-corrected chi connectivity index (χ0v) is 15.8. The van der Waals surface area contributed by atoms with Crippen LogP contribution in [0.2, 0.25) is 0 Å². The zero-order valence-electron chi connectivity index (χ0n) is 14.3. The maximum absolute atomic E-state index is 6.43. The Morgan fingerprint density at radius 2 is 1.69 bits per heavy atom. The largest absolute Gasteiger partial charge is 0.383 e. The molecule has 1 saturated heterocycles. The molecule has 2 aliphatic rings. The highest BCUT2D eigenvalue weighted by Crippen LogP contribution is 2.35. The first kappa shape index (κ1) is 17.2. The Morgan fingerprint density at radius 3 is 2.42 bits per heavy atom. The lowest BCUT2D eigenvalue weighted by Gasteiger charge is -2.39. The van der Waals surface area contributed by atoms with Crippen LogP contribution < -0.4 is 16.4 Å². The van der Waals surface area contributed by atoms with Gasteiger partial charge in [-0.05, 0) is 25.0 Å². The summed E-state index contributed by atoms with van der Waals surface area (Å²) in [5, 5.41) is 2.46. The van der Waals surface area contributed by atoms with Crippen molar-refractivity contribution < 1.29 is 0 Å². The fourth-order valence-electron chi connectivity index (χ4n) is 3.64. The average molecular weight is 391 g/mol. The van der Waals surface area contributed by atoms with E-state index < -0.39 is 0 Å². The van der Waals surface area contributed by atoms with Gasteiger partial charge in [-0.1, -0.05) is 35.3 Å². The van der Waals surface area contributed by atoms with E-state index in [1.54, 1.807) is 0 Å². The Labute approximate surface area is 162 Å². The number of nitrogens with two attached hydrogens (primary N) is 2. The molecule has 0 unspecified atom stereocenters. The third kappa shape index (κ3) is 3.04. The monoisotopic (exact) mass is 390 g/mol. The van der Waals surface area contributed by atoms with Gasteiger partial charge in [0.25, 0.3) is 0 Å². The second-order valence-electron chi connectivity index (χ2n) is 6.46. The van der Waals surface area contributed by atoms with E-state index in [1.165, 1.54) is 0 Å². The highest BCUT2D eigenvalue weighted by atomic mass is 35.5. The van der Waals surface area contributed by atoms with Crippen LogP contribution in [0.3, 0.4) is 0 Å². The van der Waals surface area contributed by atoms with Gasteiger partial charge in [0.2, 0.25) is 5.95 Å². The zero-order chi connectivity index (χ0) is 18.3. The first-order chi connectivity index (χ1) is 12.5. The lowest BCUT2D eigenvalue weighted by Crippen LogP contribution is -2.46. The van der Waals surface area contributed by atoms with Gasteiger partial charge in [-0.15, -0.1) is 0 Å². The Bertz CT molecular complexity index is 915. The first-order valence-corrected chi connectivity index (χ1v) is 9.36. The van der Waals surface area contributed by atoms with Crippen molar-refractivity contribution in [2.24, 2.45) is 0 Å². The number of fused-ring (bicyclic) bond motifs is 1. The second kappa shape index (κ2) is 6.85. The van der Waals surface area contributed by atoms with Crippen LogP contribution in [-0.2, 0) is 0 Å². The number of allylic oxidation sites excluding steroid dienone is 3. The lowest BCUT2D eigenvalue weighted by atomic mass is 10.1. The number of aromatic nitrogens is 2. The molecule has 0 radical (unpaired) electrons. The van der Waals surface area contributed by atoms with Crippen molar-refractivity contribution in [2.45, 2.75) is 12.8 Å². The smallest absolute Gasteiger partial charge is 0.222 e. The molecule has 2 heterocycles. The molecule has 1 aromatic heterocycles. The van der Waals surface area contributed by atoms with Crippen LogP contribution in [0.5, 0.6) is 0 Å². The first-order valence-electron chi connectivity index (χ1n) is 8.61. The third-order valence-corrected chi connectivity index (χ3v) is 5.56. The van der Waals surface area contributed by atoms with Crippen molar-refractivity contribution in [1.29, 1.82) is 0 Å². The predicted octanol–water partition coefficient (Wildman–Crippen LogP) is 3.28. The third-order valence-electron chi connectivity index (χ3n) is 4.85. The van der Waals surface area contributed by atoms with E-state index in [-0.39, 0.29) is 5.95 Å². The van der Waals surface area contributed by atoms with Gasteiger partial charge < -0.3 is 21.3 Å². The standard InChI is InChI=1S/C18H20Cl2N6/c19-11-3-1-4-12(20)16(11)26-9-7-25(8-10-26)14-6-2-5-13-15(14)17(21)24-18(22)23-13/h2-3,5-6H,1,4,7-10H2,(H4,21,22,23,24). The van der Waals surface area contributed by atoms with Crippen molar-refractivity contribution in [3.63, 3.8) is 0 Å². The minimum atomic E-state index is 0.192. The SMILES string of the molecule is Nc1nc(N)c2c(N3CCN(C4=C(Cl)CCC=C4Cl)CC3)cccc2n1. The maximum atomic E-state index is 6.43. The molecule has 1 aliphatic carbocycles. The Morgan fingerprint density at radius 1 is 0.962 bits per heavy atom. The minimum Gasteiger partial charge on any atom is -0.383 e. The van der Waals surface area contributed by atoms with Crippen molar-refractivity contribution >= 4 is 51.6 Å². The van der Waals surface area contributed by atoms with Gasteiger partial charge >= 0.3 is 0 Å². The highest BCUT2D eigenvalue weighted by Gasteiger charge is 2.25. The van der Waals surface area contributed by atoms with Gasteiger partial charge in [-0.2, -0.15) is 4.98 Å². The maximum Gasteiger partial charge on any atom is 0.222 e. The quantitative estimate of drug-likeness (QED) is 0.818. The van der Waals surface area contributed by atoms with Crippen LogP contribution in [0.15, 0.2) is 40.0 Å². The lowest BCUT2D eigenvalue weighted by molar-refractivity contribution is 0.326. The molecular weight excluding hydrogens is 371 g/mol. The number of hydrogen-bond acceptors (Lipinski definition) is 6. The van der Waals surface area contributed by atoms with Crippen LogP contribution >= 0.6 is 23.2 Å². The van der Waals surface area contributed by atoms with Crippen LogP contribution in [0, 0.1) is 0 Å². The van der Waals surface area contributed by atoms with Gasteiger partial charge in [0.15, 0.2) is 0 Å². The van der Waals surface area contributed by atoms with E-state index in [0.29, 0.717) is 5.82 Å². The Hall–Kier alpha value is -2.18. The predicted molar refractivity (Wildman–Crippen MR) is 108 cm³/mol. The summed E-state index contributed by atoms with van der Waals surface area (Å²) in [5.41, 5.74) is 14.6. The van der Waals surface area contributed by atoms with Crippen LogP contribution in [-0.4, -0.2) is 41.0 Å². The summed E-state index contributed by atoms with van der Waals surface area (Å²) >= 11 is 12.8. The summed E-state index contributed by atoms with van der Waals surface area (Å²) in [6, 6.07) is 5.92. The summed E-state index contributed by atoms with van der Waals surface area (Å²) < 4.78 is 0. The van der Waals surface area contributed by atoms with Gasteiger partial charge in [-0.3, -0.25) is 0 Å². The van der Waals surface area contributed by atoms with E-state index in [2.05, 4.69) is 19.8 Å². The number of rotatable bonds is 2. The van der Waals surface area contributed by atoms with Crippen LogP contribution in [0.25, 0.3) is 10.9 Å². The molecule has 6 nitrogen and oxygen atoms in total. The summed E-state index contributed by atoms with van der Waals surface area (Å²) in [7, 11) is 0. The number of nitrogen functional groups attached to an aromatic ring is 2. The van der Waals surface area contributed by atoms with E-state index in [4.69, 9.17) is 34.7 Å². The van der Waals surface area contributed by atoms with E-state index in [1.807, 2.05) is 24.3 Å². The van der Waals surface area contributed by atoms with Crippen LogP contribution in [0.1, 0.15) is 12.8 Å². The molecule has 2 aromatic rings. The molecule has 1 fully saturated rings. The molecule has 1 aliphatic heterocycles. The van der Waals surface area contributed by atoms with Crippen molar-refractivity contribution in [3.8, 4) is 0 Å². The molecule has 8 heteroatoms. The van der Waals surface area contributed by atoms with Gasteiger partial charge in [0.05, 0.1) is 27.3 Å². The Balaban J connectivity index is 1.60. The number of halogens is 2. The molecular formula is C18H20Cl2N6. The second-order valence-corrected chi connectivity index (χ2v) is 7.32. The molecule has 136 valence electrons. The molecule has 0 amide bonds. The topological polar surface area (TPSA) is 84.3 Å². The Kier molecular flexibility index (Phi) is 4.54. The average Bonchev–Trinajstić information content (AvgIpc) is 2.61. The fraction of sp³-hybridized carbons (Fsp3) is 0.333. The molecule has 0 spiro atoms. The highest BCUT2D eigenvalue weighted by molar-refractivity contribution is 6.35. The van der Waals surface area contributed by atoms with Gasteiger partial charge in [0, 0.05) is 31.2 Å².